The SMILES string of the molecule is C=C=CC([Si])=C=O. The molecule has 0 aliphatic carbocycles. The normalized spacial score (nSPS) is 5.86. The highest BCUT2D eigenvalue weighted by molar-refractivity contribution is 6.27. The van der Waals surface area contributed by atoms with Gasteiger partial charge >= 0.3 is 0 Å². The molecule has 0 aromatic heterocycles. The van der Waals surface area contributed by atoms with Gasteiger partial charge in [0.1, 0.15) is 5.94 Å². The Balaban J connectivity index is 4.10. The lowest BCUT2D eigenvalue weighted by Gasteiger charge is -1.68. The second-order valence-corrected chi connectivity index (χ2v) is 1.40. The van der Waals surface area contributed by atoms with Crippen molar-refractivity contribution in [2.45, 2.75) is 0 Å². The van der Waals surface area contributed by atoms with E-state index in [9.17, 15) is 4.79 Å². The topological polar surface area (TPSA) is 17.1 Å². The molecule has 0 heterocycles. The smallest absolute Gasteiger partial charge is 0.123 e. The van der Waals surface area contributed by atoms with E-state index in [1.165, 1.54) is 6.08 Å². The minimum atomic E-state index is 0.329. The van der Waals surface area contributed by atoms with Crippen LogP contribution in [-0.4, -0.2) is 16.2 Å². The first kappa shape index (κ1) is 6.19. The lowest BCUT2D eigenvalue weighted by Crippen LogP contribution is -1.70. The maximum absolute atomic E-state index is 9.59. The molecule has 0 saturated heterocycles. The van der Waals surface area contributed by atoms with Gasteiger partial charge in [-0.05, 0) is 6.08 Å². The van der Waals surface area contributed by atoms with Gasteiger partial charge in [-0.25, -0.2) is 4.79 Å². The Morgan fingerprint density at radius 3 is 2.57 bits per heavy atom. The average Bonchev–Trinajstić information content (AvgIpc) is 1.68. The molecule has 0 N–H and O–H groups in total. The molecule has 0 unspecified atom stereocenters. The Morgan fingerprint density at radius 2 is 2.43 bits per heavy atom. The second kappa shape index (κ2) is 3.38. The Kier molecular flexibility index (Phi) is 2.99. The number of allylic oxidation sites excluding steroid dienone is 2. The maximum Gasteiger partial charge on any atom is 0.123 e. The lowest BCUT2D eigenvalue weighted by molar-refractivity contribution is 0.568. The monoisotopic (exact) mass is 107 g/mol. The molecule has 0 fully saturated rings. The second-order valence-electron chi connectivity index (χ2n) is 0.864. The summed E-state index contributed by atoms with van der Waals surface area (Å²) in [5.74, 6) is 1.59. The quantitative estimate of drug-likeness (QED) is 0.203. The Bertz CT molecular complexity index is 147. The van der Waals surface area contributed by atoms with Crippen LogP contribution in [0.1, 0.15) is 0 Å². The molecule has 0 atom stereocenters. The molecule has 1 nitrogen and oxygen atoms in total. The fraction of sp³-hybridized carbons (Fsp3) is 0. The number of rotatable bonds is 1. The van der Waals surface area contributed by atoms with Crippen molar-refractivity contribution in [2.24, 2.45) is 0 Å². The number of carbonyl (C=O) groups excluding carboxylic acids is 1. The van der Waals surface area contributed by atoms with Gasteiger partial charge in [-0.2, -0.15) is 0 Å². The predicted octanol–water partition coefficient (Wildman–Crippen LogP) is 0.211. The standard InChI is InChI=1S/C5H3OSi/c1-2-3-5(7)4-6/h3H,1H2. The van der Waals surface area contributed by atoms with E-state index >= 15 is 0 Å². The van der Waals surface area contributed by atoms with E-state index in [2.05, 4.69) is 22.6 Å². The van der Waals surface area contributed by atoms with Crippen LogP contribution in [0.2, 0.25) is 0 Å². The molecular weight excluding hydrogens is 104 g/mol. The van der Waals surface area contributed by atoms with Crippen LogP contribution in [0.3, 0.4) is 0 Å². The maximum atomic E-state index is 9.59. The van der Waals surface area contributed by atoms with Crippen LogP contribution >= 0.6 is 0 Å². The molecule has 2 heteroatoms. The predicted molar refractivity (Wildman–Crippen MR) is 28.7 cm³/mol. The van der Waals surface area contributed by atoms with Gasteiger partial charge in [0.15, 0.2) is 0 Å². The van der Waals surface area contributed by atoms with Crippen LogP contribution < -0.4 is 0 Å². The Hall–Kier alpha value is -0.813. The van der Waals surface area contributed by atoms with Gasteiger partial charge in [0.2, 0.25) is 0 Å². The Labute approximate surface area is 45.5 Å². The third-order valence-corrected chi connectivity index (χ3v) is 0.603. The van der Waals surface area contributed by atoms with Crippen molar-refractivity contribution in [3.8, 4) is 0 Å². The first-order chi connectivity index (χ1) is 3.31. The molecule has 3 radical (unpaired) electrons. The zero-order valence-electron chi connectivity index (χ0n) is 3.69. The average molecular weight is 107 g/mol. The van der Waals surface area contributed by atoms with E-state index in [-0.39, 0.29) is 0 Å². The first-order valence-electron chi connectivity index (χ1n) is 1.64. The Morgan fingerprint density at radius 1 is 1.86 bits per heavy atom. The van der Waals surface area contributed by atoms with Crippen LogP contribution in [0, 0.1) is 0 Å². The molecule has 0 aliphatic heterocycles. The van der Waals surface area contributed by atoms with Crippen LogP contribution in [0.5, 0.6) is 0 Å². The van der Waals surface area contributed by atoms with Gasteiger partial charge in [-0.3, -0.25) is 0 Å². The van der Waals surface area contributed by atoms with Gasteiger partial charge in [0.25, 0.3) is 0 Å². The van der Waals surface area contributed by atoms with Crippen molar-refractivity contribution in [2.75, 3.05) is 0 Å². The number of hydrogen-bond acceptors (Lipinski definition) is 1. The molecular formula is C5H3OSi. The van der Waals surface area contributed by atoms with E-state index in [0.29, 0.717) is 5.20 Å². The highest BCUT2D eigenvalue weighted by Crippen LogP contribution is 1.75. The van der Waals surface area contributed by atoms with Crippen LogP contribution in [0.4, 0.5) is 0 Å². The van der Waals surface area contributed by atoms with Crippen molar-refractivity contribution in [3.05, 3.63) is 23.6 Å². The van der Waals surface area contributed by atoms with Crippen molar-refractivity contribution < 1.29 is 4.79 Å². The van der Waals surface area contributed by atoms with E-state index in [1.807, 2.05) is 0 Å². The van der Waals surface area contributed by atoms with Gasteiger partial charge in [0, 0.05) is 5.20 Å². The summed E-state index contributed by atoms with van der Waals surface area (Å²) >= 11 is 0. The molecule has 0 spiro atoms. The van der Waals surface area contributed by atoms with Crippen molar-refractivity contribution in [3.63, 3.8) is 0 Å². The summed E-state index contributed by atoms with van der Waals surface area (Å²) < 4.78 is 0. The summed E-state index contributed by atoms with van der Waals surface area (Å²) in [5.41, 5.74) is 2.40. The fourth-order valence-corrected chi connectivity index (χ4v) is 0.234. The van der Waals surface area contributed by atoms with Gasteiger partial charge < -0.3 is 0 Å². The van der Waals surface area contributed by atoms with Crippen molar-refractivity contribution in [1.29, 1.82) is 0 Å². The molecule has 0 saturated carbocycles. The van der Waals surface area contributed by atoms with Gasteiger partial charge in [-0.15, -0.1) is 5.73 Å². The minimum absolute atomic E-state index is 0.329. The van der Waals surface area contributed by atoms with E-state index < -0.39 is 0 Å². The third-order valence-electron chi connectivity index (χ3n) is 0.356. The van der Waals surface area contributed by atoms with E-state index in [1.54, 1.807) is 5.94 Å². The summed E-state index contributed by atoms with van der Waals surface area (Å²) in [7, 11) is 2.92. The summed E-state index contributed by atoms with van der Waals surface area (Å²) in [6, 6.07) is 0. The minimum Gasteiger partial charge on any atom is -0.234 e. The summed E-state index contributed by atoms with van der Waals surface area (Å²) in [6.45, 7) is 3.24. The summed E-state index contributed by atoms with van der Waals surface area (Å²) in [5, 5.41) is 0.329. The lowest BCUT2D eigenvalue weighted by atomic mass is 10.6. The molecule has 33 valence electrons. The third kappa shape index (κ3) is 3.01. The van der Waals surface area contributed by atoms with E-state index in [4.69, 9.17) is 0 Å². The van der Waals surface area contributed by atoms with Crippen molar-refractivity contribution in [1.82, 2.24) is 0 Å². The highest BCUT2D eigenvalue weighted by Gasteiger charge is 1.72. The fourth-order valence-electron chi connectivity index (χ4n) is 0.132. The van der Waals surface area contributed by atoms with Gasteiger partial charge in [-0.1, -0.05) is 6.58 Å². The molecule has 0 aromatic carbocycles. The molecule has 0 bridgehead atoms. The van der Waals surface area contributed by atoms with Crippen LogP contribution in [0.15, 0.2) is 23.6 Å². The molecule has 0 aromatic rings. The molecule has 0 aliphatic rings. The molecule has 0 rings (SSSR count). The largest absolute Gasteiger partial charge is 0.234 e. The zero-order valence-corrected chi connectivity index (χ0v) is 4.69. The summed E-state index contributed by atoms with van der Waals surface area (Å²) in [4.78, 5) is 9.59. The zero-order chi connectivity index (χ0) is 5.70. The highest BCUT2D eigenvalue weighted by atomic mass is 28.1. The van der Waals surface area contributed by atoms with Crippen LogP contribution in [-0.2, 0) is 4.79 Å². The van der Waals surface area contributed by atoms with Crippen LogP contribution in [0.25, 0.3) is 0 Å². The molecule has 7 heavy (non-hydrogen) atoms. The number of hydrogen-bond donors (Lipinski definition) is 0. The van der Waals surface area contributed by atoms with Crippen molar-refractivity contribution >= 4 is 16.2 Å². The van der Waals surface area contributed by atoms with E-state index in [0.717, 1.165) is 0 Å². The summed E-state index contributed by atoms with van der Waals surface area (Å²) in [6.07, 6.45) is 1.39. The van der Waals surface area contributed by atoms with Gasteiger partial charge in [0.05, 0.1) is 10.2 Å². The first-order valence-corrected chi connectivity index (χ1v) is 2.14. The molecule has 0 amide bonds.